The summed E-state index contributed by atoms with van der Waals surface area (Å²) in [6, 6.07) is 28.0. The maximum absolute atomic E-state index is 14.9. The number of imidazole rings is 1. The number of rotatable bonds is 13. The van der Waals surface area contributed by atoms with Crippen molar-refractivity contribution in [1.29, 1.82) is 0 Å². The fourth-order valence-corrected chi connectivity index (χ4v) is 9.55. The van der Waals surface area contributed by atoms with Gasteiger partial charge in [-0.3, -0.25) is 24.1 Å². The monoisotopic (exact) mass is 946 g/mol. The predicted octanol–water partition coefficient (Wildman–Crippen LogP) is 8.84. The highest BCUT2D eigenvalue weighted by atomic mass is 35.5. The lowest BCUT2D eigenvalue weighted by Crippen LogP contribution is -2.51. The number of carbonyl (C=O) groups excluding carboxylic acids is 5. The summed E-state index contributed by atoms with van der Waals surface area (Å²) in [5.74, 6) is -1.59. The Labute approximate surface area is 403 Å². The molecule has 0 unspecified atom stereocenters. The van der Waals surface area contributed by atoms with E-state index < -0.39 is 35.7 Å². The smallest absolute Gasteiger partial charge is 0.226 e. The number of ketones is 2. The Kier molecular flexibility index (Phi) is 16.4. The predicted molar refractivity (Wildman–Crippen MR) is 261 cm³/mol. The van der Waals surface area contributed by atoms with Crippen molar-refractivity contribution in [2.24, 2.45) is 18.9 Å². The molecule has 7 rings (SSSR count). The summed E-state index contributed by atoms with van der Waals surface area (Å²) in [5, 5.41) is 0.976. The van der Waals surface area contributed by atoms with Gasteiger partial charge in [-0.1, -0.05) is 71.7 Å². The van der Waals surface area contributed by atoms with E-state index in [4.69, 9.17) is 32.9 Å². The van der Waals surface area contributed by atoms with Gasteiger partial charge in [0.2, 0.25) is 17.7 Å². The van der Waals surface area contributed by atoms with Crippen LogP contribution in [-0.2, 0) is 57.0 Å². The molecule has 3 amide bonds. The van der Waals surface area contributed by atoms with Gasteiger partial charge in [0, 0.05) is 68.1 Å². The summed E-state index contributed by atoms with van der Waals surface area (Å²) in [4.78, 5) is 83.1. The summed E-state index contributed by atoms with van der Waals surface area (Å²) in [5.41, 5.74) is 4.30. The van der Waals surface area contributed by atoms with E-state index in [1.165, 1.54) is 24.7 Å². The molecule has 0 spiro atoms. The van der Waals surface area contributed by atoms with Gasteiger partial charge in [0.25, 0.3) is 0 Å². The molecule has 12 nitrogen and oxygen atoms in total. The SMILES string of the molecule is CC(=O)C[C@@H]1CC(=O)[C@H](C)N(Cc2ccc(Cl)cc2Oc2ccc(-c3cnc(CN4CCCC4)n3C)cc2)C(=O)C[C@@H](Cc2ccccc2)C(=O)N(C)C[C@@H](Cc2ccc(Cl)cc2)N(C)C1=O. The van der Waals surface area contributed by atoms with Crippen molar-refractivity contribution in [2.75, 3.05) is 33.7 Å². The van der Waals surface area contributed by atoms with Crippen LogP contribution in [0.3, 0.4) is 0 Å². The van der Waals surface area contributed by atoms with Crippen LogP contribution in [0, 0.1) is 11.8 Å². The highest BCUT2D eigenvalue weighted by molar-refractivity contribution is 6.31. The third kappa shape index (κ3) is 12.6. The Hall–Kier alpha value is -5.82. The fraction of sp³-hybridized carbons (Fsp3) is 0.396. The van der Waals surface area contributed by atoms with Gasteiger partial charge in [-0.2, -0.15) is 0 Å². The molecule has 14 heteroatoms. The number of amides is 3. The number of hydrogen-bond donors (Lipinski definition) is 0. The molecule has 5 aromatic rings. The summed E-state index contributed by atoms with van der Waals surface area (Å²) in [6.45, 7) is 6.08. The van der Waals surface area contributed by atoms with Gasteiger partial charge >= 0.3 is 0 Å². The molecule has 352 valence electrons. The minimum atomic E-state index is -1.05. The second-order valence-electron chi connectivity index (χ2n) is 18.2. The number of likely N-dealkylation sites (tertiary alicyclic amines) is 1. The minimum absolute atomic E-state index is 0.0678. The molecule has 67 heavy (non-hydrogen) atoms. The van der Waals surface area contributed by atoms with Gasteiger partial charge in [0.05, 0.1) is 48.9 Å². The molecule has 4 atom stereocenters. The number of likely N-dealkylation sites (N-methyl/N-ethyl adjacent to an activating group) is 2. The van der Waals surface area contributed by atoms with Gasteiger partial charge in [0.1, 0.15) is 23.1 Å². The Morgan fingerprint density at radius 2 is 1.43 bits per heavy atom. The number of carbonyl (C=O) groups is 5. The van der Waals surface area contributed by atoms with Gasteiger partial charge in [0.15, 0.2) is 5.78 Å². The zero-order chi connectivity index (χ0) is 47.8. The molecule has 2 saturated heterocycles. The second kappa shape index (κ2) is 22.3. The largest absolute Gasteiger partial charge is 0.457 e. The molecule has 1 aromatic heterocycles. The van der Waals surface area contributed by atoms with E-state index in [0.29, 0.717) is 33.5 Å². The van der Waals surface area contributed by atoms with Crippen molar-refractivity contribution in [3.63, 3.8) is 0 Å². The third-order valence-corrected chi connectivity index (χ3v) is 13.7. The van der Waals surface area contributed by atoms with Crippen molar-refractivity contribution in [2.45, 2.75) is 84.0 Å². The number of halogens is 2. The van der Waals surface area contributed by atoms with Gasteiger partial charge in [-0.15, -0.1) is 0 Å². The molecule has 3 heterocycles. The van der Waals surface area contributed by atoms with Crippen LogP contribution < -0.4 is 4.74 Å². The fourth-order valence-electron chi connectivity index (χ4n) is 9.26. The van der Waals surface area contributed by atoms with Crippen LogP contribution in [0.25, 0.3) is 11.3 Å². The van der Waals surface area contributed by atoms with Crippen LogP contribution in [0.4, 0.5) is 0 Å². The summed E-state index contributed by atoms with van der Waals surface area (Å²) in [7, 11) is 5.38. The molecule has 0 N–H and O–H groups in total. The quantitative estimate of drug-likeness (QED) is 0.115. The van der Waals surface area contributed by atoms with Crippen LogP contribution in [0.2, 0.25) is 10.0 Å². The second-order valence-corrected chi connectivity index (χ2v) is 19.1. The molecule has 2 aliphatic rings. The highest BCUT2D eigenvalue weighted by Crippen LogP contribution is 2.33. The number of benzene rings is 4. The Morgan fingerprint density at radius 1 is 0.761 bits per heavy atom. The van der Waals surface area contributed by atoms with Crippen LogP contribution in [0.15, 0.2) is 103 Å². The van der Waals surface area contributed by atoms with Crippen molar-refractivity contribution in [1.82, 2.24) is 29.2 Å². The Balaban J connectivity index is 1.19. The molecule has 4 aromatic carbocycles. The first kappa shape index (κ1) is 49.1. The lowest BCUT2D eigenvalue weighted by molar-refractivity contribution is -0.148. The average molecular weight is 948 g/mol. The lowest BCUT2D eigenvalue weighted by atomic mass is 9.90. The average Bonchev–Trinajstić information content (AvgIpc) is 3.97. The summed E-state index contributed by atoms with van der Waals surface area (Å²) < 4.78 is 8.62. The molecule has 0 bridgehead atoms. The van der Waals surface area contributed by atoms with Crippen molar-refractivity contribution in [3.8, 4) is 22.8 Å². The maximum Gasteiger partial charge on any atom is 0.226 e. The van der Waals surface area contributed by atoms with E-state index in [9.17, 15) is 24.0 Å². The number of hydrogen-bond acceptors (Lipinski definition) is 8. The van der Waals surface area contributed by atoms with Crippen LogP contribution in [0.1, 0.15) is 68.5 Å². The van der Waals surface area contributed by atoms with Gasteiger partial charge in [-0.25, -0.2) is 4.98 Å². The molecule has 2 fully saturated rings. The van der Waals surface area contributed by atoms with Gasteiger partial charge in [-0.05, 0) is 112 Å². The van der Waals surface area contributed by atoms with E-state index in [0.717, 1.165) is 47.8 Å². The van der Waals surface area contributed by atoms with Gasteiger partial charge < -0.3 is 28.8 Å². The number of nitrogens with zero attached hydrogens (tertiary/aromatic N) is 6. The third-order valence-electron chi connectivity index (χ3n) is 13.2. The first-order chi connectivity index (χ1) is 32.1. The van der Waals surface area contributed by atoms with E-state index in [1.54, 1.807) is 61.2 Å². The standard InChI is InChI=1S/C53H60Cl2N6O6/c1-35(62)25-41-28-48(63)36(2)61(32-40-15-20-44(55)30-49(40)67-46-21-16-39(17-22-46)47-31-56-50(59(47)5)34-60-23-9-10-24-60)51(64)29-42(26-37-11-7-6-8-12-37)52(65)57(3)33-45(58(4)53(41)66)27-38-13-18-43(54)19-14-38/h6-8,11-22,30-31,36,41-42,45H,9-10,23-29,32-34H2,1-5H3/t36-,41+,42+,45+/m0/s1. The number of ether oxygens (including phenoxy) is 1. The molecule has 2 aliphatic heterocycles. The van der Waals surface area contributed by atoms with Crippen molar-refractivity contribution < 1.29 is 28.7 Å². The zero-order valence-electron chi connectivity index (χ0n) is 39.0. The zero-order valence-corrected chi connectivity index (χ0v) is 40.5. The topological polar surface area (TPSA) is 125 Å². The minimum Gasteiger partial charge on any atom is -0.457 e. The molecule has 0 saturated carbocycles. The summed E-state index contributed by atoms with van der Waals surface area (Å²) in [6.07, 6.45) is 4.34. The van der Waals surface area contributed by atoms with Crippen molar-refractivity contribution >= 4 is 52.5 Å². The molecular formula is C53H60Cl2N6O6. The lowest BCUT2D eigenvalue weighted by Gasteiger charge is -2.37. The normalized spacial score (nSPS) is 20.4. The highest BCUT2D eigenvalue weighted by Gasteiger charge is 2.37. The van der Waals surface area contributed by atoms with Crippen LogP contribution in [0.5, 0.6) is 11.5 Å². The van der Waals surface area contributed by atoms with E-state index >= 15 is 0 Å². The molecular weight excluding hydrogens is 888 g/mol. The van der Waals surface area contributed by atoms with Crippen molar-refractivity contribution in [3.05, 3.63) is 136 Å². The molecule has 0 aliphatic carbocycles. The van der Waals surface area contributed by atoms with Crippen LogP contribution >= 0.6 is 23.2 Å². The first-order valence-corrected chi connectivity index (χ1v) is 23.8. The Morgan fingerprint density at radius 3 is 2.12 bits per heavy atom. The number of Topliss-reactive ketones (excluding diaryl/α,β-unsaturated/α-hetero) is 2. The molecule has 0 radical (unpaired) electrons. The number of aromatic nitrogens is 2. The Bertz CT molecular complexity index is 2540. The van der Waals surface area contributed by atoms with E-state index in [-0.39, 0.29) is 56.2 Å². The maximum atomic E-state index is 14.9. The van der Waals surface area contributed by atoms with E-state index in [1.807, 2.05) is 80.0 Å². The first-order valence-electron chi connectivity index (χ1n) is 23.0. The van der Waals surface area contributed by atoms with E-state index in [2.05, 4.69) is 9.47 Å². The van der Waals surface area contributed by atoms with Crippen LogP contribution in [-0.4, -0.2) is 104 Å². The summed E-state index contributed by atoms with van der Waals surface area (Å²) >= 11 is 12.8.